The smallest absolute Gasteiger partial charge is 0.137 e. The molecule has 1 aliphatic rings. The Balaban J connectivity index is 1.75. The Morgan fingerprint density at radius 3 is 2.47 bits per heavy atom. The lowest BCUT2D eigenvalue weighted by molar-refractivity contribution is -0.915. The summed E-state index contributed by atoms with van der Waals surface area (Å²) in [6.07, 6.45) is 0.655. The number of benzene rings is 1. The average molecular weight is 261 g/mol. The highest BCUT2D eigenvalue weighted by atomic mass is 16.5. The van der Waals surface area contributed by atoms with Gasteiger partial charge in [-0.2, -0.15) is 5.26 Å². The summed E-state index contributed by atoms with van der Waals surface area (Å²) in [6.45, 7) is 8.01. The van der Waals surface area contributed by atoms with Gasteiger partial charge in [0.25, 0.3) is 0 Å². The minimum atomic E-state index is 0.327. The zero-order chi connectivity index (χ0) is 13.7. The van der Waals surface area contributed by atoms with Gasteiger partial charge in [-0.15, -0.1) is 0 Å². The monoisotopic (exact) mass is 261 g/mol. The molecule has 1 aromatic rings. The van der Waals surface area contributed by atoms with Crippen LogP contribution in [-0.2, 0) is 4.74 Å². The minimum Gasteiger partial charge on any atom is -0.488 e. The standard InChI is InChI=1S/C15H20N2O2/c1-12-10-17(11-13(2)19-12)7-8-18-15-5-3-14(9-16)4-6-15/h3-6,12-13H,7-8,10-11H2,1-2H3/p+1/t12-,13-/m1/s1. The van der Waals surface area contributed by atoms with E-state index in [1.165, 1.54) is 4.90 Å². The number of nitrogens with one attached hydrogen (secondary N) is 1. The van der Waals surface area contributed by atoms with E-state index in [-0.39, 0.29) is 0 Å². The summed E-state index contributed by atoms with van der Waals surface area (Å²) < 4.78 is 11.4. The van der Waals surface area contributed by atoms with E-state index < -0.39 is 0 Å². The van der Waals surface area contributed by atoms with Crippen LogP contribution in [0.5, 0.6) is 5.75 Å². The first-order valence-corrected chi connectivity index (χ1v) is 6.79. The third-order valence-electron chi connectivity index (χ3n) is 3.32. The first-order valence-electron chi connectivity index (χ1n) is 6.79. The molecule has 0 bridgehead atoms. The first-order chi connectivity index (χ1) is 9.17. The second kappa shape index (κ2) is 6.55. The number of morpholine rings is 1. The molecule has 4 heteroatoms. The van der Waals surface area contributed by atoms with Crippen LogP contribution < -0.4 is 9.64 Å². The van der Waals surface area contributed by atoms with Gasteiger partial charge in [0.1, 0.15) is 44.2 Å². The molecule has 0 aromatic heterocycles. The third-order valence-corrected chi connectivity index (χ3v) is 3.32. The molecule has 1 fully saturated rings. The number of nitriles is 1. The maximum atomic E-state index is 8.72. The Labute approximate surface area is 114 Å². The largest absolute Gasteiger partial charge is 0.488 e. The van der Waals surface area contributed by atoms with Crippen LogP contribution >= 0.6 is 0 Å². The third kappa shape index (κ3) is 4.23. The number of quaternary nitrogens is 1. The number of hydrogen-bond acceptors (Lipinski definition) is 3. The van der Waals surface area contributed by atoms with Crippen LogP contribution in [0.4, 0.5) is 0 Å². The molecular formula is C15H21N2O2+. The van der Waals surface area contributed by atoms with Crippen LogP contribution in [0, 0.1) is 11.3 Å². The number of nitrogens with zero attached hydrogens (tertiary/aromatic N) is 1. The van der Waals surface area contributed by atoms with E-state index in [0.29, 0.717) is 24.4 Å². The predicted molar refractivity (Wildman–Crippen MR) is 72.2 cm³/mol. The van der Waals surface area contributed by atoms with Gasteiger partial charge in [0.15, 0.2) is 0 Å². The Morgan fingerprint density at radius 2 is 1.89 bits per heavy atom. The lowest BCUT2D eigenvalue weighted by atomic mass is 10.2. The van der Waals surface area contributed by atoms with Crippen molar-refractivity contribution in [1.82, 2.24) is 0 Å². The van der Waals surface area contributed by atoms with Crippen molar-refractivity contribution >= 4 is 0 Å². The summed E-state index contributed by atoms with van der Waals surface area (Å²) in [5, 5.41) is 8.72. The first kappa shape index (κ1) is 13.9. The molecule has 0 aliphatic carbocycles. The zero-order valence-corrected chi connectivity index (χ0v) is 11.6. The highest BCUT2D eigenvalue weighted by Crippen LogP contribution is 2.10. The molecule has 1 aromatic carbocycles. The molecular weight excluding hydrogens is 240 g/mol. The van der Waals surface area contributed by atoms with Gasteiger partial charge in [-0.3, -0.25) is 0 Å². The maximum absolute atomic E-state index is 8.72. The molecule has 0 radical (unpaired) electrons. The van der Waals surface area contributed by atoms with Gasteiger partial charge in [0.2, 0.25) is 0 Å². The molecule has 4 nitrogen and oxygen atoms in total. The fraction of sp³-hybridized carbons (Fsp3) is 0.533. The van der Waals surface area contributed by atoms with E-state index in [4.69, 9.17) is 14.7 Å². The summed E-state index contributed by atoms with van der Waals surface area (Å²) in [5.74, 6) is 0.827. The Morgan fingerprint density at radius 1 is 1.26 bits per heavy atom. The normalized spacial score (nSPS) is 26.7. The molecule has 1 N–H and O–H groups in total. The van der Waals surface area contributed by atoms with E-state index in [1.807, 2.05) is 12.1 Å². The summed E-state index contributed by atoms with van der Waals surface area (Å²) >= 11 is 0. The molecule has 2 rings (SSSR count). The molecule has 1 saturated heterocycles. The predicted octanol–water partition coefficient (Wildman–Crippen LogP) is 0.629. The molecule has 1 aliphatic heterocycles. The van der Waals surface area contributed by atoms with Crippen LogP contribution in [0.2, 0.25) is 0 Å². The number of ether oxygens (including phenoxy) is 2. The lowest BCUT2D eigenvalue weighted by Gasteiger charge is -2.32. The molecule has 0 spiro atoms. The highest BCUT2D eigenvalue weighted by molar-refractivity contribution is 5.34. The summed E-state index contributed by atoms with van der Waals surface area (Å²) in [4.78, 5) is 1.53. The zero-order valence-electron chi connectivity index (χ0n) is 11.6. The summed E-state index contributed by atoms with van der Waals surface area (Å²) in [7, 11) is 0. The maximum Gasteiger partial charge on any atom is 0.137 e. The summed E-state index contributed by atoms with van der Waals surface area (Å²) in [5.41, 5.74) is 0.661. The van der Waals surface area contributed by atoms with Crippen molar-refractivity contribution in [2.75, 3.05) is 26.2 Å². The second-order valence-electron chi connectivity index (χ2n) is 5.15. The Kier molecular flexibility index (Phi) is 4.78. The molecule has 0 unspecified atom stereocenters. The molecule has 2 atom stereocenters. The van der Waals surface area contributed by atoms with E-state index in [2.05, 4.69) is 19.9 Å². The van der Waals surface area contributed by atoms with Gasteiger partial charge >= 0.3 is 0 Å². The van der Waals surface area contributed by atoms with Crippen molar-refractivity contribution in [2.45, 2.75) is 26.1 Å². The van der Waals surface area contributed by atoms with Crippen LogP contribution in [0.1, 0.15) is 19.4 Å². The van der Waals surface area contributed by atoms with Crippen LogP contribution in [0.15, 0.2) is 24.3 Å². The van der Waals surface area contributed by atoms with Gasteiger partial charge in [0.05, 0.1) is 11.6 Å². The quantitative estimate of drug-likeness (QED) is 0.865. The molecule has 1 heterocycles. The van der Waals surface area contributed by atoms with Gasteiger partial charge < -0.3 is 14.4 Å². The van der Waals surface area contributed by atoms with Crippen LogP contribution in [0.3, 0.4) is 0 Å². The van der Waals surface area contributed by atoms with Crippen molar-refractivity contribution in [2.24, 2.45) is 0 Å². The molecule has 19 heavy (non-hydrogen) atoms. The lowest BCUT2D eigenvalue weighted by Crippen LogP contribution is -3.16. The van der Waals surface area contributed by atoms with Crippen LogP contribution in [0.25, 0.3) is 0 Å². The van der Waals surface area contributed by atoms with E-state index >= 15 is 0 Å². The SMILES string of the molecule is C[C@@H]1C[NH+](CCOc2ccc(C#N)cc2)C[C@@H](C)O1. The van der Waals surface area contributed by atoms with Gasteiger partial charge in [-0.25, -0.2) is 0 Å². The minimum absolute atomic E-state index is 0.327. The fourth-order valence-corrected chi connectivity index (χ4v) is 2.53. The molecule has 0 amide bonds. The fourth-order valence-electron chi connectivity index (χ4n) is 2.53. The van der Waals surface area contributed by atoms with Crippen LogP contribution in [-0.4, -0.2) is 38.4 Å². The Hall–Kier alpha value is -1.57. The van der Waals surface area contributed by atoms with Crippen molar-refractivity contribution in [3.05, 3.63) is 29.8 Å². The number of rotatable bonds is 4. The highest BCUT2D eigenvalue weighted by Gasteiger charge is 2.25. The van der Waals surface area contributed by atoms with Crippen molar-refractivity contribution in [3.8, 4) is 11.8 Å². The van der Waals surface area contributed by atoms with Gasteiger partial charge in [-0.1, -0.05) is 0 Å². The van der Waals surface area contributed by atoms with E-state index in [9.17, 15) is 0 Å². The van der Waals surface area contributed by atoms with E-state index in [0.717, 1.165) is 25.4 Å². The van der Waals surface area contributed by atoms with E-state index in [1.54, 1.807) is 12.1 Å². The van der Waals surface area contributed by atoms with Gasteiger partial charge in [-0.05, 0) is 38.1 Å². The number of hydrogen-bond donors (Lipinski definition) is 1. The second-order valence-corrected chi connectivity index (χ2v) is 5.15. The topological polar surface area (TPSA) is 46.7 Å². The van der Waals surface area contributed by atoms with Crippen molar-refractivity contribution in [3.63, 3.8) is 0 Å². The molecule has 0 saturated carbocycles. The Bertz CT molecular complexity index is 428. The van der Waals surface area contributed by atoms with Crippen molar-refractivity contribution in [1.29, 1.82) is 5.26 Å². The molecule has 102 valence electrons. The van der Waals surface area contributed by atoms with Crippen molar-refractivity contribution < 1.29 is 14.4 Å². The summed E-state index contributed by atoms with van der Waals surface area (Å²) in [6, 6.07) is 9.35. The average Bonchev–Trinajstić information content (AvgIpc) is 2.38. The van der Waals surface area contributed by atoms with Gasteiger partial charge in [0, 0.05) is 0 Å².